The summed E-state index contributed by atoms with van der Waals surface area (Å²) in [6.45, 7) is 6.82. The maximum Gasteiger partial charge on any atom is 0.329 e. The average Bonchev–Trinajstić information content (AvgIpc) is 2.24. The Balaban J connectivity index is 2.76. The molecule has 0 atom stereocenters. The largest absolute Gasteiger partial charge is 0.379 e. The van der Waals surface area contributed by atoms with Crippen molar-refractivity contribution in [3.8, 4) is 0 Å². The van der Waals surface area contributed by atoms with Crippen molar-refractivity contribution >= 4 is 11.6 Å². The zero-order chi connectivity index (χ0) is 13.0. The number of nitrogens with one attached hydrogen (secondary N) is 1. The fraction of sp³-hybridized carbons (Fsp3) is 0.636. The molecule has 1 aromatic rings. The normalized spacial score (nSPS) is 11.1. The molecular weight excluding hydrogens is 244 g/mol. The minimum atomic E-state index is -0.501. The molecule has 0 unspecified atom stereocenters. The summed E-state index contributed by atoms with van der Waals surface area (Å²) in [6, 6.07) is 0. The van der Waals surface area contributed by atoms with E-state index in [1.807, 2.05) is 13.8 Å². The van der Waals surface area contributed by atoms with E-state index >= 15 is 0 Å². The molecule has 0 aromatic carbocycles. The number of nitrogens with zero attached hydrogens (tertiary/aromatic N) is 1. The van der Waals surface area contributed by atoms with Gasteiger partial charge in [0, 0.05) is 12.2 Å². The van der Waals surface area contributed by atoms with Crippen LogP contribution in [-0.2, 0) is 11.3 Å². The zero-order valence-corrected chi connectivity index (χ0v) is 11.0. The summed E-state index contributed by atoms with van der Waals surface area (Å²) >= 11 is 5.69. The lowest BCUT2D eigenvalue weighted by molar-refractivity contribution is 0.102. The van der Waals surface area contributed by atoms with Crippen LogP contribution in [0.1, 0.15) is 19.4 Å². The summed E-state index contributed by atoms with van der Waals surface area (Å²) in [4.78, 5) is 25.7. The molecule has 0 saturated carbocycles. The second kappa shape index (κ2) is 6.02. The summed E-state index contributed by atoms with van der Waals surface area (Å²) in [5, 5.41) is 0.0966. The predicted octanol–water partition coefficient (Wildman–Crippen LogP) is 1.17. The molecule has 96 valence electrons. The Labute approximate surface area is 104 Å². The van der Waals surface area contributed by atoms with Crippen molar-refractivity contribution in [1.82, 2.24) is 9.55 Å². The monoisotopic (exact) mass is 260 g/mol. The van der Waals surface area contributed by atoms with E-state index in [1.165, 1.54) is 0 Å². The summed E-state index contributed by atoms with van der Waals surface area (Å²) in [6.07, 6.45) is 0. The average molecular weight is 261 g/mol. The molecule has 0 fully saturated rings. The molecule has 1 heterocycles. The molecule has 1 N–H and O–H groups in total. The molecule has 1 aromatic heterocycles. The molecule has 0 saturated heterocycles. The van der Waals surface area contributed by atoms with Gasteiger partial charge in [-0.3, -0.25) is 14.3 Å². The molecule has 0 spiro atoms. The van der Waals surface area contributed by atoms with Crippen LogP contribution in [0.5, 0.6) is 0 Å². The van der Waals surface area contributed by atoms with Crippen LogP contribution in [0, 0.1) is 12.8 Å². The van der Waals surface area contributed by atoms with Gasteiger partial charge in [0.25, 0.3) is 5.56 Å². The Morgan fingerprint density at radius 1 is 1.41 bits per heavy atom. The Hall–Kier alpha value is -1.07. The maximum atomic E-state index is 11.7. The van der Waals surface area contributed by atoms with E-state index in [-0.39, 0.29) is 17.3 Å². The lowest BCUT2D eigenvalue weighted by Crippen LogP contribution is -2.37. The van der Waals surface area contributed by atoms with Gasteiger partial charge in [-0.2, -0.15) is 0 Å². The van der Waals surface area contributed by atoms with E-state index in [2.05, 4.69) is 4.98 Å². The topological polar surface area (TPSA) is 64.1 Å². The maximum absolute atomic E-state index is 11.7. The first-order chi connectivity index (χ1) is 7.93. The first-order valence-electron chi connectivity index (χ1n) is 5.50. The molecule has 0 radical (unpaired) electrons. The molecule has 17 heavy (non-hydrogen) atoms. The molecule has 5 nitrogen and oxygen atoms in total. The van der Waals surface area contributed by atoms with Gasteiger partial charge < -0.3 is 4.74 Å². The van der Waals surface area contributed by atoms with Crippen LogP contribution in [-0.4, -0.2) is 22.8 Å². The molecular formula is C11H17ClN2O3. The quantitative estimate of drug-likeness (QED) is 0.639. The SMILES string of the molecule is Cc1c(Cl)[nH]c(=O)n(CCOCC(C)C)c1=O. The van der Waals surface area contributed by atoms with Gasteiger partial charge in [0.1, 0.15) is 5.15 Å². The summed E-state index contributed by atoms with van der Waals surface area (Å²) < 4.78 is 6.43. The van der Waals surface area contributed by atoms with E-state index in [9.17, 15) is 9.59 Å². The fourth-order valence-electron chi connectivity index (χ4n) is 1.32. The van der Waals surface area contributed by atoms with Crippen LogP contribution >= 0.6 is 11.6 Å². The van der Waals surface area contributed by atoms with Gasteiger partial charge in [0.2, 0.25) is 0 Å². The number of rotatable bonds is 5. The number of H-pyrrole nitrogens is 1. The minimum absolute atomic E-state index is 0.0966. The van der Waals surface area contributed by atoms with Crippen molar-refractivity contribution < 1.29 is 4.74 Å². The molecule has 0 aliphatic carbocycles. The summed E-state index contributed by atoms with van der Waals surface area (Å²) in [5.41, 5.74) is -0.527. The predicted molar refractivity (Wildman–Crippen MR) is 66.7 cm³/mol. The minimum Gasteiger partial charge on any atom is -0.379 e. The third-order valence-electron chi connectivity index (χ3n) is 2.27. The molecule has 1 rings (SSSR count). The first-order valence-corrected chi connectivity index (χ1v) is 5.88. The van der Waals surface area contributed by atoms with Gasteiger partial charge in [-0.05, 0) is 12.8 Å². The second-order valence-electron chi connectivity index (χ2n) is 4.29. The van der Waals surface area contributed by atoms with E-state index in [1.54, 1.807) is 6.92 Å². The van der Waals surface area contributed by atoms with E-state index in [0.29, 0.717) is 24.7 Å². The lowest BCUT2D eigenvalue weighted by Gasteiger charge is -2.08. The summed E-state index contributed by atoms with van der Waals surface area (Å²) in [5.74, 6) is 0.428. The highest BCUT2D eigenvalue weighted by molar-refractivity contribution is 6.30. The molecule has 0 aliphatic heterocycles. The van der Waals surface area contributed by atoms with Crippen molar-refractivity contribution in [1.29, 1.82) is 0 Å². The Kier molecular flexibility index (Phi) is 4.96. The molecule has 0 aliphatic rings. The van der Waals surface area contributed by atoms with Crippen LogP contribution in [0.2, 0.25) is 5.15 Å². The van der Waals surface area contributed by atoms with E-state index < -0.39 is 5.69 Å². The number of halogens is 1. The number of aromatic nitrogens is 2. The first kappa shape index (κ1) is 14.0. The van der Waals surface area contributed by atoms with Crippen molar-refractivity contribution in [2.45, 2.75) is 27.3 Å². The van der Waals surface area contributed by atoms with E-state index in [0.717, 1.165) is 4.57 Å². The van der Waals surface area contributed by atoms with Crippen LogP contribution in [0.3, 0.4) is 0 Å². The zero-order valence-electron chi connectivity index (χ0n) is 10.2. The number of ether oxygens (including phenoxy) is 1. The van der Waals surface area contributed by atoms with Crippen LogP contribution in [0.4, 0.5) is 0 Å². The van der Waals surface area contributed by atoms with Crippen molar-refractivity contribution in [3.05, 3.63) is 31.6 Å². The second-order valence-corrected chi connectivity index (χ2v) is 4.67. The highest BCUT2D eigenvalue weighted by Gasteiger charge is 2.08. The Bertz CT molecular complexity index is 490. The van der Waals surface area contributed by atoms with Gasteiger partial charge in [-0.25, -0.2) is 4.79 Å². The third-order valence-corrected chi connectivity index (χ3v) is 2.65. The van der Waals surface area contributed by atoms with Crippen LogP contribution in [0.25, 0.3) is 0 Å². The Morgan fingerprint density at radius 3 is 2.65 bits per heavy atom. The van der Waals surface area contributed by atoms with Gasteiger partial charge in [-0.1, -0.05) is 25.4 Å². The fourth-order valence-corrected chi connectivity index (χ4v) is 1.48. The van der Waals surface area contributed by atoms with E-state index in [4.69, 9.17) is 16.3 Å². The van der Waals surface area contributed by atoms with Gasteiger partial charge in [-0.15, -0.1) is 0 Å². The highest BCUT2D eigenvalue weighted by Crippen LogP contribution is 2.02. The Morgan fingerprint density at radius 2 is 2.06 bits per heavy atom. The molecule has 0 bridgehead atoms. The number of hydrogen-bond acceptors (Lipinski definition) is 3. The van der Waals surface area contributed by atoms with Gasteiger partial charge in [0.05, 0.1) is 13.2 Å². The van der Waals surface area contributed by atoms with Gasteiger partial charge >= 0.3 is 5.69 Å². The summed E-state index contributed by atoms with van der Waals surface area (Å²) in [7, 11) is 0. The molecule has 0 amide bonds. The van der Waals surface area contributed by atoms with Crippen molar-refractivity contribution in [2.75, 3.05) is 13.2 Å². The highest BCUT2D eigenvalue weighted by atomic mass is 35.5. The lowest BCUT2D eigenvalue weighted by atomic mass is 10.2. The van der Waals surface area contributed by atoms with Gasteiger partial charge in [0.15, 0.2) is 0 Å². The molecule has 6 heteroatoms. The van der Waals surface area contributed by atoms with Crippen LogP contribution < -0.4 is 11.2 Å². The van der Waals surface area contributed by atoms with Crippen LogP contribution in [0.15, 0.2) is 9.59 Å². The smallest absolute Gasteiger partial charge is 0.329 e. The number of aromatic amines is 1. The number of hydrogen-bond donors (Lipinski definition) is 1. The van der Waals surface area contributed by atoms with Crippen molar-refractivity contribution in [3.63, 3.8) is 0 Å². The third kappa shape index (κ3) is 3.71. The van der Waals surface area contributed by atoms with Crippen molar-refractivity contribution in [2.24, 2.45) is 5.92 Å². The standard InChI is InChI=1S/C11H17ClN2O3/c1-7(2)6-17-5-4-14-10(15)8(3)9(12)13-11(14)16/h7H,4-6H2,1-3H3,(H,13,16).